The first-order valence-electron chi connectivity index (χ1n) is 6.51. The molecule has 3 N–H and O–H groups in total. The smallest absolute Gasteiger partial charge is 0.202 e. The van der Waals surface area contributed by atoms with Crippen LogP contribution < -0.4 is 11.1 Å². The average Bonchev–Trinajstić information content (AvgIpc) is 2.96. The van der Waals surface area contributed by atoms with Gasteiger partial charge in [-0.2, -0.15) is 4.37 Å². The van der Waals surface area contributed by atoms with Crippen molar-refractivity contribution in [2.24, 2.45) is 11.7 Å². The molecule has 1 aliphatic rings. The molecule has 0 saturated heterocycles. The molecule has 1 aromatic rings. The largest absolute Gasteiger partial charge is 0.356 e. The maximum atomic E-state index is 5.86. The molecular weight excluding hydrogens is 232 g/mol. The van der Waals surface area contributed by atoms with Gasteiger partial charge in [-0.1, -0.05) is 26.7 Å². The molecular formula is C12H22N4S. The van der Waals surface area contributed by atoms with E-state index in [-0.39, 0.29) is 0 Å². The van der Waals surface area contributed by atoms with E-state index in [9.17, 15) is 0 Å². The second kappa shape index (κ2) is 5.78. The Balaban J connectivity index is 1.97. The highest BCUT2D eigenvalue weighted by Gasteiger charge is 2.24. The van der Waals surface area contributed by atoms with Gasteiger partial charge in [-0.15, -0.1) is 0 Å². The number of aromatic nitrogens is 2. The van der Waals surface area contributed by atoms with Gasteiger partial charge in [0.15, 0.2) is 0 Å². The van der Waals surface area contributed by atoms with Crippen molar-refractivity contribution >= 4 is 16.7 Å². The SMILES string of the molecule is CC(C)c1nsc(NC(CN)C2CCCC2)n1. The van der Waals surface area contributed by atoms with Crippen molar-refractivity contribution in [1.82, 2.24) is 9.36 Å². The number of anilines is 1. The average molecular weight is 254 g/mol. The lowest BCUT2D eigenvalue weighted by Gasteiger charge is -2.22. The number of rotatable bonds is 5. The molecule has 1 unspecified atom stereocenters. The summed E-state index contributed by atoms with van der Waals surface area (Å²) in [6, 6.07) is 0.366. The minimum atomic E-state index is 0.366. The molecule has 1 aliphatic carbocycles. The Morgan fingerprint density at radius 1 is 1.41 bits per heavy atom. The van der Waals surface area contributed by atoms with Crippen molar-refractivity contribution in [3.05, 3.63) is 5.82 Å². The molecule has 1 fully saturated rings. The molecule has 1 saturated carbocycles. The highest BCUT2D eigenvalue weighted by Crippen LogP contribution is 2.29. The van der Waals surface area contributed by atoms with Crippen LogP contribution in [0.15, 0.2) is 0 Å². The van der Waals surface area contributed by atoms with Crippen molar-refractivity contribution in [1.29, 1.82) is 0 Å². The molecule has 1 aromatic heterocycles. The Labute approximate surface area is 107 Å². The molecule has 0 radical (unpaired) electrons. The van der Waals surface area contributed by atoms with E-state index in [1.165, 1.54) is 37.2 Å². The van der Waals surface area contributed by atoms with E-state index in [1.807, 2.05) is 0 Å². The lowest BCUT2D eigenvalue weighted by atomic mass is 9.98. The van der Waals surface area contributed by atoms with Crippen LogP contribution in [0.1, 0.15) is 51.3 Å². The maximum absolute atomic E-state index is 5.86. The molecule has 0 bridgehead atoms. The van der Waals surface area contributed by atoms with E-state index >= 15 is 0 Å². The Morgan fingerprint density at radius 2 is 2.12 bits per heavy atom. The van der Waals surface area contributed by atoms with Gasteiger partial charge in [-0.05, 0) is 18.8 Å². The number of hydrogen-bond donors (Lipinski definition) is 2. The van der Waals surface area contributed by atoms with E-state index in [1.54, 1.807) is 0 Å². The first kappa shape index (κ1) is 12.8. The van der Waals surface area contributed by atoms with Gasteiger partial charge in [0.1, 0.15) is 5.82 Å². The van der Waals surface area contributed by atoms with Crippen LogP contribution >= 0.6 is 11.5 Å². The van der Waals surface area contributed by atoms with Crippen molar-refractivity contribution in [3.63, 3.8) is 0 Å². The lowest BCUT2D eigenvalue weighted by molar-refractivity contribution is 0.462. The van der Waals surface area contributed by atoms with Gasteiger partial charge < -0.3 is 11.1 Å². The quantitative estimate of drug-likeness (QED) is 0.847. The summed E-state index contributed by atoms with van der Waals surface area (Å²) in [5.74, 6) is 2.04. The summed E-state index contributed by atoms with van der Waals surface area (Å²) in [6.45, 7) is 4.91. The zero-order valence-electron chi connectivity index (χ0n) is 10.6. The third-order valence-electron chi connectivity index (χ3n) is 3.49. The second-order valence-electron chi connectivity index (χ2n) is 5.14. The summed E-state index contributed by atoms with van der Waals surface area (Å²) in [4.78, 5) is 4.51. The minimum absolute atomic E-state index is 0.366. The number of nitrogens with one attached hydrogen (secondary N) is 1. The first-order valence-corrected chi connectivity index (χ1v) is 7.28. The van der Waals surface area contributed by atoms with Gasteiger partial charge in [0.25, 0.3) is 0 Å². The van der Waals surface area contributed by atoms with Crippen LogP contribution in [-0.2, 0) is 0 Å². The van der Waals surface area contributed by atoms with Crippen molar-refractivity contribution in [2.75, 3.05) is 11.9 Å². The third-order valence-corrected chi connectivity index (χ3v) is 4.15. The topological polar surface area (TPSA) is 63.8 Å². The summed E-state index contributed by atoms with van der Waals surface area (Å²) in [6.07, 6.45) is 5.28. The van der Waals surface area contributed by atoms with Crippen LogP contribution in [0.5, 0.6) is 0 Å². The van der Waals surface area contributed by atoms with E-state index in [0.717, 1.165) is 11.0 Å². The molecule has 1 heterocycles. The number of nitrogens with two attached hydrogens (primary N) is 1. The zero-order chi connectivity index (χ0) is 12.3. The molecule has 0 aliphatic heterocycles. The second-order valence-corrected chi connectivity index (χ2v) is 5.90. The molecule has 2 rings (SSSR count). The Kier molecular flexibility index (Phi) is 4.34. The highest BCUT2D eigenvalue weighted by molar-refractivity contribution is 7.09. The van der Waals surface area contributed by atoms with E-state index in [2.05, 4.69) is 28.5 Å². The maximum Gasteiger partial charge on any atom is 0.202 e. The number of hydrogen-bond acceptors (Lipinski definition) is 5. The van der Waals surface area contributed by atoms with Gasteiger partial charge in [0, 0.05) is 30.0 Å². The van der Waals surface area contributed by atoms with Gasteiger partial charge >= 0.3 is 0 Å². The normalized spacial score (nSPS) is 18.8. The Hall–Kier alpha value is -0.680. The fourth-order valence-corrected chi connectivity index (χ4v) is 3.19. The molecule has 1 atom stereocenters. The number of nitrogens with zero attached hydrogens (tertiary/aromatic N) is 2. The Morgan fingerprint density at radius 3 is 2.65 bits per heavy atom. The van der Waals surface area contributed by atoms with Crippen LogP contribution in [0.2, 0.25) is 0 Å². The summed E-state index contributed by atoms with van der Waals surface area (Å²) in [7, 11) is 0. The molecule has 5 heteroatoms. The molecule has 0 spiro atoms. The van der Waals surface area contributed by atoms with E-state index in [4.69, 9.17) is 5.73 Å². The van der Waals surface area contributed by atoms with Gasteiger partial charge in [-0.25, -0.2) is 4.98 Å². The van der Waals surface area contributed by atoms with Crippen LogP contribution in [0.4, 0.5) is 5.13 Å². The molecule has 17 heavy (non-hydrogen) atoms. The molecule has 0 aromatic carbocycles. The third kappa shape index (κ3) is 3.16. The monoisotopic (exact) mass is 254 g/mol. The van der Waals surface area contributed by atoms with E-state index in [0.29, 0.717) is 24.4 Å². The zero-order valence-corrected chi connectivity index (χ0v) is 11.5. The lowest BCUT2D eigenvalue weighted by Crippen LogP contribution is -2.35. The van der Waals surface area contributed by atoms with Gasteiger partial charge in [-0.3, -0.25) is 0 Å². The van der Waals surface area contributed by atoms with Crippen LogP contribution in [0.25, 0.3) is 0 Å². The standard InChI is InChI=1S/C12H22N4S/c1-8(2)11-15-12(17-16-11)14-10(7-13)9-5-3-4-6-9/h8-10H,3-7,13H2,1-2H3,(H,14,15,16). The fraction of sp³-hybridized carbons (Fsp3) is 0.833. The van der Waals surface area contributed by atoms with Gasteiger partial charge in [0.2, 0.25) is 5.13 Å². The predicted molar refractivity (Wildman–Crippen MR) is 72.4 cm³/mol. The summed E-state index contributed by atoms with van der Waals surface area (Å²) < 4.78 is 4.36. The molecule has 4 nitrogen and oxygen atoms in total. The van der Waals surface area contributed by atoms with E-state index < -0.39 is 0 Å². The van der Waals surface area contributed by atoms with Crippen LogP contribution in [0, 0.1) is 5.92 Å². The first-order chi connectivity index (χ1) is 8.20. The predicted octanol–water partition coefficient (Wildman–Crippen LogP) is 2.59. The summed E-state index contributed by atoms with van der Waals surface area (Å²) in [5.41, 5.74) is 5.86. The fourth-order valence-electron chi connectivity index (χ4n) is 2.42. The summed E-state index contributed by atoms with van der Waals surface area (Å²) in [5, 5.41) is 4.39. The van der Waals surface area contributed by atoms with Gasteiger partial charge in [0.05, 0.1) is 0 Å². The van der Waals surface area contributed by atoms with Crippen molar-refractivity contribution in [2.45, 2.75) is 51.5 Å². The van der Waals surface area contributed by atoms with Crippen molar-refractivity contribution in [3.8, 4) is 0 Å². The van der Waals surface area contributed by atoms with Crippen molar-refractivity contribution < 1.29 is 0 Å². The highest BCUT2D eigenvalue weighted by atomic mass is 32.1. The summed E-state index contributed by atoms with van der Waals surface area (Å²) >= 11 is 1.45. The minimum Gasteiger partial charge on any atom is -0.356 e. The molecule has 0 amide bonds. The molecule has 96 valence electrons. The van der Waals surface area contributed by atoms with Crippen LogP contribution in [0.3, 0.4) is 0 Å². The van der Waals surface area contributed by atoms with Crippen LogP contribution in [-0.4, -0.2) is 21.9 Å². The Bertz CT molecular complexity index is 344.